The first-order valence-corrected chi connectivity index (χ1v) is 9.12. The van der Waals surface area contributed by atoms with E-state index < -0.39 is 0 Å². The average molecular weight is 318 g/mol. The average Bonchev–Trinajstić information content (AvgIpc) is 2.86. The topological polar surface area (TPSA) is 72.1 Å². The minimum Gasteiger partial charge on any atom is -0.369 e. The Morgan fingerprint density at radius 1 is 1.21 bits per heavy atom. The van der Waals surface area contributed by atoms with Crippen LogP contribution >= 0.6 is 34.9 Å². The predicted octanol–water partition coefficient (Wildman–Crippen LogP) is 1.69. The Morgan fingerprint density at radius 2 is 1.89 bits per heavy atom. The second-order valence-electron chi connectivity index (χ2n) is 4.34. The summed E-state index contributed by atoms with van der Waals surface area (Å²) in [7, 11) is 0. The number of hydrogen-bond acceptors (Lipinski definition) is 7. The normalized spacial score (nSPS) is 16.6. The number of carbonyl (C=O) groups excluding carboxylic acids is 1. The van der Waals surface area contributed by atoms with Crippen molar-refractivity contribution in [2.75, 3.05) is 31.1 Å². The maximum absolute atomic E-state index is 10.7. The third-order valence-corrected chi connectivity index (χ3v) is 6.00. The fourth-order valence-corrected chi connectivity index (χ4v) is 4.72. The van der Waals surface area contributed by atoms with Gasteiger partial charge in [0.15, 0.2) is 8.68 Å². The molecule has 19 heavy (non-hydrogen) atoms. The minimum absolute atomic E-state index is 0.271. The van der Waals surface area contributed by atoms with Gasteiger partial charge in [-0.25, -0.2) is 0 Å². The lowest BCUT2D eigenvalue weighted by Gasteiger charge is -2.25. The van der Waals surface area contributed by atoms with E-state index in [1.54, 1.807) is 11.8 Å². The van der Waals surface area contributed by atoms with Gasteiger partial charge in [0.1, 0.15) is 0 Å². The molecule has 1 saturated heterocycles. The van der Waals surface area contributed by atoms with E-state index in [-0.39, 0.29) is 11.7 Å². The molecule has 0 spiro atoms. The summed E-state index contributed by atoms with van der Waals surface area (Å²) in [5.74, 6) is 1.00. The first kappa shape index (κ1) is 15.1. The second-order valence-corrected chi connectivity index (χ2v) is 7.88. The molecule has 2 N–H and O–H groups in total. The van der Waals surface area contributed by atoms with Crippen molar-refractivity contribution in [1.82, 2.24) is 15.1 Å². The van der Waals surface area contributed by atoms with Crippen LogP contribution in [0.25, 0.3) is 0 Å². The fourth-order valence-electron chi connectivity index (χ4n) is 1.89. The number of likely N-dealkylation sites (tertiary alicyclic amines) is 1. The number of hydrogen-bond donors (Lipinski definition) is 1. The molecule has 0 radical (unpaired) electrons. The lowest BCUT2D eigenvalue weighted by Crippen LogP contribution is -2.31. The van der Waals surface area contributed by atoms with Crippen molar-refractivity contribution < 1.29 is 4.79 Å². The van der Waals surface area contributed by atoms with Gasteiger partial charge in [-0.05, 0) is 25.9 Å². The van der Waals surface area contributed by atoms with Crippen molar-refractivity contribution in [3.05, 3.63) is 0 Å². The molecule has 2 rings (SSSR count). The van der Waals surface area contributed by atoms with E-state index in [0.717, 1.165) is 21.0 Å². The number of primary amides is 1. The van der Waals surface area contributed by atoms with Gasteiger partial charge >= 0.3 is 0 Å². The fraction of sp³-hybridized carbons (Fsp3) is 0.727. The number of nitrogens with two attached hydrogens (primary N) is 1. The number of thioether (sulfide) groups is 2. The highest BCUT2D eigenvalue weighted by Crippen LogP contribution is 2.28. The third kappa shape index (κ3) is 5.68. The summed E-state index contributed by atoms with van der Waals surface area (Å²) in [4.78, 5) is 13.2. The maximum Gasteiger partial charge on any atom is 0.227 e. The molecule has 1 aromatic heterocycles. The van der Waals surface area contributed by atoms with Gasteiger partial charge in [0, 0.05) is 12.3 Å². The van der Waals surface area contributed by atoms with Crippen LogP contribution in [0.2, 0.25) is 0 Å². The largest absolute Gasteiger partial charge is 0.369 e. The lowest BCUT2D eigenvalue weighted by molar-refractivity contribution is -0.115. The zero-order chi connectivity index (χ0) is 13.5. The van der Waals surface area contributed by atoms with E-state index in [1.165, 1.54) is 55.5 Å². The van der Waals surface area contributed by atoms with Crippen LogP contribution in [0.4, 0.5) is 0 Å². The van der Waals surface area contributed by atoms with Crippen LogP contribution < -0.4 is 5.73 Å². The molecule has 0 aromatic carbocycles. The van der Waals surface area contributed by atoms with Crippen molar-refractivity contribution in [3.8, 4) is 0 Å². The van der Waals surface area contributed by atoms with Crippen molar-refractivity contribution >= 4 is 40.8 Å². The highest BCUT2D eigenvalue weighted by atomic mass is 32.2. The molecule has 1 aliphatic heterocycles. The summed E-state index contributed by atoms with van der Waals surface area (Å²) in [6.07, 6.45) is 4.04. The van der Waals surface area contributed by atoms with Gasteiger partial charge in [0.05, 0.1) is 5.75 Å². The molecule has 0 unspecified atom stereocenters. The molecule has 1 aromatic rings. The van der Waals surface area contributed by atoms with Gasteiger partial charge < -0.3 is 10.6 Å². The second kappa shape index (κ2) is 8.08. The predicted molar refractivity (Wildman–Crippen MR) is 80.8 cm³/mol. The molecule has 2 heterocycles. The van der Waals surface area contributed by atoms with E-state index in [0.29, 0.717) is 0 Å². The molecule has 8 heteroatoms. The summed E-state index contributed by atoms with van der Waals surface area (Å²) in [5.41, 5.74) is 5.10. The van der Waals surface area contributed by atoms with Crippen molar-refractivity contribution in [1.29, 1.82) is 0 Å². The monoisotopic (exact) mass is 318 g/mol. The first-order chi connectivity index (χ1) is 9.24. The SMILES string of the molecule is NC(=O)CSc1nnc(SCCN2CCCCC2)s1. The van der Waals surface area contributed by atoms with Crippen LogP contribution in [-0.4, -0.2) is 52.1 Å². The molecule has 0 saturated carbocycles. The van der Waals surface area contributed by atoms with Gasteiger partial charge in [0.2, 0.25) is 5.91 Å². The van der Waals surface area contributed by atoms with Gasteiger partial charge in [-0.3, -0.25) is 4.79 Å². The van der Waals surface area contributed by atoms with Crippen LogP contribution in [0.3, 0.4) is 0 Å². The summed E-state index contributed by atoms with van der Waals surface area (Å²) < 4.78 is 1.79. The Bertz CT molecular complexity index is 406. The molecule has 5 nitrogen and oxygen atoms in total. The van der Waals surface area contributed by atoms with E-state index >= 15 is 0 Å². The Morgan fingerprint density at radius 3 is 2.58 bits per heavy atom. The van der Waals surface area contributed by atoms with Gasteiger partial charge in [-0.15, -0.1) is 10.2 Å². The van der Waals surface area contributed by atoms with Crippen molar-refractivity contribution in [3.63, 3.8) is 0 Å². The number of nitrogens with zero attached hydrogens (tertiary/aromatic N) is 3. The van der Waals surface area contributed by atoms with E-state index in [9.17, 15) is 4.79 Å². The van der Waals surface area contributed by atoms with Crippen LogP contribution in [0, 0.1) is 0 Å². The number of piperidine rings is 1. The van der Waals surface area contributed by atoms with E-state index in [2.05, 4.69) is 15.1 Å². The first-order valence-electron chi connectivity index (χ1n) is 6.34. The summed E-state index contributed by atoms with van der Waals surface area (Å²) in [6, 6.07) is 0. The van der Waals surface area contributed by atoms with Crippen LogP contribution in [0.1, 0.15) is 19.3 Å². The van der Waals surface area contributed by atoms with Gasteiger partial charge in [0.25, 0.3) is 0 Å². The number of rotatable bonds is 7. The molecular formula is C11H18N4OS3. The molecule has 0 bridgehead atoms. The molecule has 1 amide bonds. The number of aromatic nitrogens is 2. The standard InChI is InChI=1S/C11H18N4OS3/c12-9(16)8-18-11-14-13-10(19-11)17-7-6-15-4-2-1-3-5-15/h1-8H2,(H2,12,16). The minimum atomic E-state index is -0.320. The van der Waals surface area contributed by atoms with Crippen molar-refractivity contribution in [2.24, 2.45) is 5.73 Å². The number of amides is 1. The third-order valence-electron chi connectivity index (χ3n) is 2.81. The lowest BCUT2D eigenvalue weighted by atomic mass is 10.1. The molecule has 0 atom stereocenters. The molecule has 1 aliphatic rings. The Labute approximate surface area is 125 Å². The summed E-state index contributed by atoms with van der Waals surface area (Å²) >= 11 is 4.64. The molecular weight excluding hydrogens is 300 g/mol. The zero-order valence-electron chi connectivity index (χ0n) is 10.7. The molecule has 1 fully saturated rings. The Hall–Kier alpha value is -0.310. The Balaban J connectivity index is 1.66. The summed E-state index contributed by atoms with van der Waals surface area (Å²) in [5, 5.41) is 8.16. The van der Waals surface area contributed by atoms with Crippen LogP contribution in [-0.2, 0) is 4.79 Å². The highest BCUT2D eigenvalue weighted by molar-refractivity contribution is 8.03. The van der Waals surface area contributed by atoms with Crippen LogP contribution in [0.15, 0.2) is 8.68 Å². The molecule has 0 aliphatic carbocycles. The van der Waals surface area contributed by atoms with Gasteiger partial charge in [-0.2, -0.15) is 0 Å². The number of carbonyl (C=O) groups is 1. The van der Waals surface area contributed by atoms with Gasteiger partial charge in [-0.1, -0.05) is 41.3 Å². The quantitative estimate of drug-likeness (QED) is 0.771. The van der Waals surface area contributed by atoms with E-state index in [4.69, 9.17) is 5.73 Å². The summed E-state index contributed by atoms with van der Waals surface area (Å²) in [6.45, 7) is 3.58. The van der Waals surface area contributed by atoms with Crippen molar-refractivity contribution in [2.45, 2.75) is 27.9 Å². The zero-order valence-corrected chi connectivity index (χ0v) is 13.2. The smallest absolute Gasteiger partial charge is 0.227 e. The molecule has 106 valence electrons. The van der Waals surface area contributed by atoms with Crippen LogP contribution in [0.5, 0.6) is 0 Å². The van der Waals surface area contributed by atoms with E-state index in [1.807, 2.05) is 0 Å². The highest BCUT2D eigenvalue weighted by Gasteiger charge is 2.11. The maximum atomic E-state index is 10.7. The Kier molecular flexibility index (Phi) is 6.42.